The zero-order chi connectivity index (χ0) is 13.3. The minimum atomic E-state index is -1.46. The summed E-state index contributed by atoms with van der Waals surface area (Å²) in [6, 6.07) is 0.871. The molecule has 0 saturated heterocycles. The highest BCUT2D eigenvalue weighted by Crippen LogP contribution is 2.36. The standard InChI is InChI=1S/C11H10O6/c1-4(12)6-3-7(11(16)17)8(5(2)13)10(15)9(6)14/h3,14-15H,1-2H3,(H,16,17). The fraction of sp³-hybridized carbons (Fsp3) is 0.182. The maximum absolute atomic E-state index is 11.2. The monoisotopic (exact) mass is 238 g/mol. The van der Waals surface area contributed by atoms with Gasteiger partial charge in [-0.2, -0.15) is 0 Å². The van der Waals surface area contributed by atoms with E-state index in [1.807, 2.05) is 0 Å². The van der Waals surface area contributed by atoms with Gasteiger partial charge in [0.1, 0.15) is 0 Å². The second kappa shape index (κ2) is 4.25. The van der Waals surface area contributed by atoms with E-state index in [4.69, 9.17) is 5.11 Å². The second-order valence-electron chi connectivity index (χ2n) is 3.46. The Kier molecular flexibility index (Phi) is 3.17. The van der Waals surface area contributed by atoms with Crippen molar-refractivity contribution in [2.45, 2.75) is 13.8 Å². The Morgan fingerprint density at radius 2 is 1.47 bits per heavy atom. The predicted molar refractivity (Wildman–Crippen MR) is 56.7 cm³/mol. The van der Waals surface area contributed by atoms with Gasteiger partial charge in [0.2, 0.25) is 0 Å². The van der Waals surface area contributed by atoms with E-state index in [9.17, 15) is 24.6 Å². The normalized spacial score (nSPS) is 10.0. The summed E-state index contributed by atoms with van der Waals surface area (Å²) in [6.45, 7) is 2.15. The van der Waals surface area contributed by atoms with Crippen LogP contribution >= 0.6 is 0 Å². The molecule has 1 aromatic carbocycles. The molecular weight excluding hydrogens is 228 g/mol. The van der Waals surface area contributed by atoms with E-state index in [0.717, 1.165) is 19.9 Å². The molecule has 3 N–H and O–H groups in total. The summed E-state index contributed by atoms with van der Waals surface area (Å²) in [5.41, 5.74) is -1.37. The molecule has 0 bridgehead atoms. The van der Waals surface area contributed by atoms with Crippen molar-refractivity contribution < 1.29 is 29.7 Å². The fourth-order valence-corrected chi connectivity index (χ4v) is 1.45. The van der Waals surface area contributed by atoms with Crippen LogP contribution < -0.4 is 0 Å². The number of rotatable bonds is 3. The van der Waals surface area contributed by atoms with E-state index >= 15 is 0 Å². The van der Waals surface area contributed by atoms with Crippen molar-refractivity contribution in [1.29, 1.82) is 0 Å². The highest BCUT2D eigenvalue weighted by molar-refractivity contribution is 6.10. The van der Waals surface area contributed by atoms with Crippen molar-refractivity contribution >= 4 is 17.5 Å². The molecule has 17 heavy (non-hydrogen) atoms. The van der Waals surface area contributed by atoms with Crippen molar-refractivity contribution in [2.75, 3.05) is 0 Å². The van der Waals surface area contributed by atoms with Crippen LogP contribution in [0.3, 0.4) is 0 Å². The van der Waals surface area contributed by atoms with Crippen molar-refractivity contribution in [2.24, 2.45) is 0 Å². The molecule has 0 spiro atoms. The molecule has 0 aromatic heterocycles. The average Bonchev–Trinajstić information content (AvgIpc) is 2.19. The Morgan fingerprint density at radius 1 is 0.941 bits per heavy atom. The molecule has 0 aliphatic heterocycles. The number of hydrogen-bond acceptors (Lipinski definition) is 5. The Labute approximate surface area is 96.1 Å². The summed E-state index contributed by atoms with van der Waals surface area (Å²) in [5, 5.41) is 27.9. The van der Waals surface area contributed by atoms with Crippen LogP contribution in [0.1, 0.15) is 44.9 Å². The molecule has 0 atom stereocenters. The van der Waals surface area contributed by atoms with Gasteiger partial charge in [-0.15, -0.1) is 0 Å². The number of hydrogen-bond donors (Lipinski definition) is 3. The van der Waals surface area contributed by atoms with Crippen molar-refractivity contribution in [3.8, 4) is 11.5 Å². The summed E-state index contributed by atoms with van der Waals surface area (Å²) < 4.78 is 0. The van der Waals surface area contributed by atoms with Gasteiger partial charge in [-0.3, -0.25) is 9.59 Å². The predicted octanol–water partition coefficient (Wildman–Crippen LogP) is 1.20. The first-order valence-electron chi connectivity index (χ1n) is 4.61. The molecule has 1 rings (SSSR count). The topological polar surface area (TPSA) is 112 Å². The van der Waals surface area contributed by atoms with E-state index in [1.165, 1.54) is 0 Å². The largest absolute Gasteiger partial charge is 0.504 e. The third-order valence-electron chi connectivity index (χ3n) is 2.24. The maximum Gasteiger partial charge on any atom is 0.336 e. The van der Waals surface area contributed by atoms with E-state index in [-0.39, 0.29) is 5.56 Å². The summed E-state index contributed by atoms with van der Waals surface area (Å²) in [7, 11) is 0. The van der Waals surface area contributed by atoms with Gasteiger partial charge < -0.3 is 15.3 Å². The third kappa shape index (κ3) is 2.10. The molecule has 6 heteroatoms. The molecule has 1 aromatic rings. The number of carbonyl (C=O) groups excluding carboxylic acids is 2. The Morgan fingerprint density at radius 3 is 1.82 bits per heavy atom. The smallest absolute Gasteiger partial charge is 0.336 e. The maximum atomic E-state index is 11.2. The number of carboxylic acid groups (broad SMARTS) is 1. The van der Waals surface area contributed by atoms with Gasteiger partial charge >= 0.3 is 5.97 Å². The minimum Gasteiger partial charge on any atom is -0.504 e. The number of aromatic hydroxyl groups is 2. The van der Waals surface area contributed by atoms with E-state index < -0.39 is 40.2 Å². The van der Waals surface area contributed by atoms with Crippen molar-refractivity contribution in [1.82, 2.24) is 0 Å². The minimum absolute atomic E-state index is 0.343. The lowest BCUT2D eigenvalue weighted by Crippen LogP contribution is -2.09. The number of aromatic carboxylic acids is 1. The lowest BCUT2D eigenvalue weighted by molar-refractivity contribution is 0.0691. The van der Waals surface area contributed by atoms with Crippen LogP contribution in [0, 0.1) is 0 Å². The third-order valence-corrected chi connectivity index (χ3v) is 2.24. The number of benzene rings is 1. The van der Waals surface area contributed by atoms with E-state index in [2.05, 4.69) is 0 Å². The molecule has 0 aliphatic rings. The van der Waals surface area contributed by atoms with Crippen molar-refractivity contribution in [3.63, 3.8) is 0 Å². The number of phenols is 2. The summed E-state index contributed by atoms with van der Waals surface area (Å²) >= 11 is 0. The van der Waals surface area contributed by atoms with Gasteiger partial charge in [0.15, 0.2) is 23.1 Å². The van der Waals surface area contributed by atoms with Crippen LogP contribution in [0.25, 0.3) is 0 Å². The molecule has 0 unspecified atom stereocenters. The van der Waals surface area contributed by atoms with Crippen LogP contribution in [0.5, 0.6) is 11.5 Å². The zero-order valence-corrected chi connectivity index (χ0v) is 9.14. The molecule has 0 fully saturated rings. The highest BCUT2D eigenvalue weighted by Gasteiger charge is 2.25. The molecule has 0 aliphatic carbocycles. The fourth-order valence-electron chi connectivity index (χ4n) is 1.45. The average molecular weight is 238 g/mol. The van der Waals surface area contributed by atoms with Crippen LogP contribution in [-0.2, 0) is 0 Å². The number of phenolic OH excluding ortho intramolecular Hbond substituents is 2. The molecule has 0 amide bonds. The zero-order valence-electron chi connectivity index (χ0n) is 9.14. The van der Waals surface area contributed by atoms with Crippen molar-refractivity contribution in [3.05, 3.63) is 22.8 Å². The molecular formula is C11H10O6. The second-order valence-corrected chi connectivity index (χ2v) is 3.46. The molecule has 0 radical (unpaired) electrons. The Hall–Kier alpha value is -2.37. The molecule has 0 saturated carbocycles. The number of Topliss-reactive ketones (excluding diaryl/α,β-unsaturated/α-hetero) is 2. The number of carbonyl (C=O) groups is 3. The molecule has 90 valence electrons. The first-order valence-corrected chi connectivity index (χ1v) is 4.61. The first kappa shape index (κ1) is 12.7. The van der Waals surface area contributed by atoms with E-state index in [1.54, 1.807) is 0 Å². The quantitative estimate of drug-likeness (QED) is 0.538. The van der Waals surface area contributed by atoms with Gasteiger partial charge in [0, 0.05) is 0 Å². The van der Waals surface area contributed by atoms with Gasteiger partial charge in [-0.1, -0.05) is 0 Å². The first-order chi connectivity index (χ1) is 7.77. The van der Waals surface area contributed by atoms with Gasteiger partial charge in [0.05, 0.1) is 16.7 Å². The lowest BCUT2D eigenvalue weighted by atomic mass is 9.97. The highest BCUT2D eigenvalue weighted by atomic mass is 16.4. The summed E-state index contributed by atoms with van der Waals surface area (Å²) in [4.78, 5) is 33.2. The SMILES string of the molecule is CC(=O)c1cc(C(=O)O)c(C(C)=O)c(O)c1O. The van der Waals surface area contributed by atoms with Gasteiger partial charge in [0.25, 0.3) is 0 Å². The van der Waals surface area contributed by atoms with E-state index in [0.29, 0.717) is 0 Å². The number of carboxylic acids is 1. The Balaban J connectivity index is 3.75. The summed E-state index contributed by atoms with van der Waals surface area (Å²) in [6.07, 6.45) is 0. The summed E-state index contributed by atoms with van der Waals surface area (Å²) in [5.74, 6) is -4.47. The number of ketones is 2. The van der Waals surface area contributed by atoms with Gasteiger partial charge in [-0.25, -0.2) is 4.79 Å². The molecule has 0 heterocycles. The molecule has 6 nitrogen and oxygen atoms in total. The van der Waals surface area contributed by atoms with Crippen LogP contribution in [0.15, 0.2) is 6.07 Å². The van der Waals surface area contributed by atoms with Crippen LogP contribution in [0.2, 0.25) is 0 Å². The van der Waals surface area contributed by atoms with Gasteiger partial charge in [-0.05, 0) is 19.9 Å². The van der Waals surface area contributed by atoms with Crippen LogP contribution in [0.4, 0.5) is 0 Å². The lowest BCUT2D eigenvalue weighted by Gasteiger charge is -2.10. The Bertz CT molecular complexity index is 529. The van der Waals surface area contributed by atoms with Crippen LogP contribution in [-0.4, -0.2) is 32.9 Å².